The predicted molar refractivity (Wildman–Crippen MR) is 72.0 cm³/mol. The molecule has 18 heavy (non-hydrogen) atoms. The number of hydrogen-bond acceptors (Lipinski definition) is 4. The SMILES string of the molecule is CC(=O)NCCNC(=O)c1sc(C)nc1C(C)C. The van der Waals surface area contributed by atoms with Crippen molar-refractivity contribution in [3.63, 3.8) is 0 Å². The Morgan fingerprint density at radius 2 is 1.89 bits per heavy atom. The lowest BCUT2D eigenvalue weighted by Crippen LogP contribution is -2.33. The van der Waals surface area contributed by atoms with Crippen LogP contribution in [0.3, 0.4) is 0 Å². The van der Waals surface area contributed by atoms with Crippen molar-refractivity contribution in [3.8, 4) is 0 Å². The van der Waals surface area contributed by atoms with Gasteiger partial charge in [0.1, 0.15) is 4.88 Å². The van der Waals surface area contributed by atoms with Crippen molar-refractivity contribution in [1.82, 2.24) is 15.6 Å². The van der Waals surface area contributed by atoms with Gasteiger partial charge in [-0.3, -0.25) is 9.59 Å². The third kappa shape index (κ3) is 4.10. The van der Waals surface area contributed by atoms with Crippen molar-refractivity contribution >= 4 is 23.2 Å². The summed E-state index contributed by atoms with van der Waals surface area (Å²) in [4.78, 5) is 27.7. The van der Waals surface area contributed by atoms with Gasteiger partial charge in [0.25, 0.3) is 5.91 Å². The summed E-state index contributed by atoms with van der Waals surface area (Å²) in [5, 5.41) is 6.30. The maximum Gasteiger partial charge on any atom is 0.263 e. The van der Waals surface area contributed by atoms with Crippen molar-refractivity contribution < 1.29 is 9.59 Å². The Bertz CT molecular complexity index is 441. The zero-order chi connectivity index (χ0) is 13.7. The first-order valence-corrected chi connectivity index (χ1v) is 6.73. The Hall–Kier alpha value is -1.43. The molecule has 0 aliphatic rings. The number of rotatable bonds is 5. The summed E-state index contributed by atoms with van der Waals surface area (Å²) in [6, 6.07) is 0. The summed E-state index contributed by atoms with van der Waals surface area (Å²) in [6.07, 6.45) is 0. The summed E-state index contributed by atoms with van der Waals surface area (Å²) in [5.41, 5.74) is 0.842. The quantitative estimate of drug-likeness (QED) is 0.795. The molecule has 0 fully saturated rings. The van der Waals surface area contributed by atoms with Crippen LogP contribution in [0.25, 0.3) is 0 Å². The summed E-state index contributed by atoms with van der Waals surface area (Å²) in [5.74, 6) is 0.0152. The molecule has 0 atom stereocenters. The van der Waals surface area contributed by atoms with Crippen molar-refractivity contribution in [2.45, 2.75) is 33.6 Å². The van der Waals surface area contributed by atoms with E-state index in [-0.39, 0.29) is 17.7 Å². The number of aryl methyl sites for hydroxylation is 1. The minimum Gasteiger partial charge on any atom is -0.355 e. The molecule has 0 spiro atoms. The number of thiazole rings is 1. The van der Waals surface area contributed by atoms with E-state index in [1.165, 1.54) is 18.3 Å². The zero-order valence-electron chi connectivity index (χ0n) is 11.2. The van der Waals surface area contributed by atoms with E-state index >= 15 is 0 Å². The van der Waals surface area contributed by atoms with Crippen LogP contribution in [0.1, 0.15) is 47.1 Å². The molecule has 1 rings (SSSR count). The van der Waals surface area contributed by atoms with Crippen LogP contribution in [-0.4, -0.2) is 29.9 Å². The molecule has 6 heteroatoms. The van der Waals surface area contributed by atoms with Gasteiger partial charge in [-0.1, -0.05) is 13.8 Å². The molecule has 0 unspecified atom stereocenters. The van der Waals surface area contributed by atoms with Crippen LogP contribution in [0, 0.1) is 6.92 Å². The monoisotopic (exact) mass is 269 g/mol. The van der Waals surface area contributed by atoms with Gasteiger partial charge in [-0.05, 0) is 12.8 Å². The second kappa shape index (κ2) is 6.49. The Morgan fingerprint density at radius 3 is 2.44 bits per heavy atom. The molecule has 0 aromatic carbocycles. The number of hydrogen-bond donors (Lipinski definition) is 2. The van der Waals surface area contributed by atoms with Crippen molar-refractivity contribution in [2.75, 3.05) is 13.1 Å². The van der Waals surface area contributed by atoms with Crippen molar-refractivity contribution in [2.24, 2.45) is 0 Å². The molecular formula is C12H19N3O2S. The second-order valence-electron chi connectivity index (χ2n) is 4.34. The van der Waals surface area contributed by atoms with E-state index in [0.717, 1.165) is 10.7 Å². The molecule has 1 aromatic rings. The molecule has 0 aliphatic heterocycles. The molecule has 1 heterocycles. The summed E-state index contributed by atoms with van der Waals surface area (Å²) in [7, 11) is 0. The smallest absolute Gasteiger partial charge is 0.263 e. The van der Waals surface area contributed by atoms with Crippen LogP contribution in [0.4, 0.5) is 0 Å². The number of carbonyl (C=O) groups is 2. The standard InChI is InChI=1S/C12H19N3O2S/c1-7(2)10-11(18-9(4)15-10)12(17)14-6-5-13-8(3)16/h7H,5-6H2,1-4H3,(H,13,16)(H,14,17). The first kappa shape index (κ1) is 14.6. The van der Waals surface area contributed by atoms with Gasteiger partial charge in [0.05, 0.1) is 10.7 Å². The lowest BCUT2D eigenvalue weighted by molar-refractivity contribution is -0.118. The molecule has 1 aromatic heterocycles. The third-order valence-electron chi connectivity index (χ3n) is 2.30. The molecule has 2 amide bonds. The van der Waals surface area contributed by atoms with E-state index in [9.17, 15) is 9.59 Å². The van der Waals surface area contributed by atoms with E-state index in [1.807, 2.05) is 20.8 Å². The van der Waals surface area contributed by atoms with Gasteiger partial charge < -0.3 is 10.6 Å². The molecule has 100 valence electrons. The minimum atomic E-state index is -0.116. The van der Waals surface area contributed by atoms with Gasteiger partial charge in [-0.2, -0.15) is 0 Å². The fraction of sp³-hybridized carbons (Fsp3) is 0.583. The van der Waals surface area contributed by atoms with E-state index in [4.69, 9.17) is 0 Å². The maximum absolute atomic E-state index is 12.0. The maximum atomic E-state index is 12.0. The van der Waals surface area contributed by atoms with Crippen LogP contribution in [0.5, 0.6) is 0 Å². The van der Waals surface area contributed by atoms with Crippen LogP contribution in [0.15, 0.2) is 0 Å². The molecule has 5 nitrogen and oxygen atoms in total. The first-order valence-electron chi connectivity index (χ1n) is 5.91. The zero-order valence-corrected chi connectivity index (χ0v) is 12.0. The number of nitrogens with one attached hydrogen (secondary N) is 2. The van der Waals surface area contributed by atoms with Gasteiger partial charge in [-0.25, -0.2) is 4.98 Å². The summed E-state index contributed by atoms with van der Waals surface area (Å²) < 4.78 is 0. The highest BCUT2D eigenvalue weighted by molar-refractivity contribution is 7.13. The highest BCUT2D eigenvalue weighted by Gasteiger charge is 2.18. The van der Waals surface area contributed by atoms with Crippen molar-refractivity contribution in [1.29, 1.82) is 0 Å². The van der Waals surface area contributed by atoms with Gasteiger partial charge in [0.15, 0.2) is 0 Å². The normalized spacial score (nSPS) is 10.5. The Balaban J connectivity index is 2.58. The van der Waals surface area contributed by atoms with Gasteiger partial charge >= 0.3 is 0 Å². The summed E-state index contributed by atoms with van der Waals surface area (Å²) in [6.45, 7) is 8.24. The average Bonchev–Trinajstić information content (AvgIpc) is 2.66. The minimum absolute atomic E-state index is 0.0965. The third-order valence-corrected chi connectivity index (χ3v) is 3.28. The molecule has 2 N–H and O–H groups in total. The molecular weight excluding hydrogens is 250 g/mol. The van der Waals surface area contributed by atoms with Crippen LogP contribution in [0.2, 0.25) is 0 Å². The fourth-order valence-electron chi connectivity index (χ4n) is 1.49. The predicted octanol–water partition coefficient (Wildman–Crippen LogP) is 1.44. The number of carbonyl (C=O) groups excluding carboxylic acids is 2. The van der Waals surface area contributed by atoms with Crippen molar-refractivity contribution in [3.05, 3.63) is 15.6 Å². The lowest BCUT2D eigenvalue weighted by atomic mass is 10.1. The van der Waals surface area contributed by atoms with Crippen LogP contribution < -0.4 is 10.6 Å². The van der Waals surface area contributed by atoms with Gasteiger partial charge in [0.2, 0.25) is 5.91 Å². The Labute approximate surface area is 111 Å². The van der Waals surface area contributed by atoms with E-state index in [2.05, 4.69) is 15.6 Å². The lowest BCUT2D eigenvalue weighted by Gasteiger charge is -2.07. The Kier molecular flexibility index (Phi) is 5.27. The van der Waals surface area contributed by atoms with E-state index in [1.54, 1.807) is 0 Å². The Morgan fingerprint density at radius 1 is 1.28 bits per heavy atom. The number of amides is 2. The number of aromatic nitrogens is 1. The molecule has 0 bridgehead atoms. The van der Waals surface area contributed by atoms with Crippen LogP contribution >= 0.6 is 11.3 Å². The number of nitrogens with zero attached hydrogens (tertiary/aromatic N) is 1. The largest absolute Gasteiger partial charge is 0.355 e. The van der Waals surface area contributed by atoms with Gasteiger partial charge in [-0.15, -0.1) is 11.3 Å². The van der Waals surface area contributed by atoms with Gasteiger partial charge in [0, 0.05) is 20.0 Å². The molecule has 0 saturated heterocycles. The highest BCUT2D eigenvalue weighted by Crippen LogP contribution is 2.24. The van der Waals surface area contributed by atoms with E-state index in [0.29, 0.717) is 18.0 Å². The second-order valence-corrected chi connectivity index (χ2v) is 5.54. The molecule has 0 saturated carbocycles. The fourth-order valence-corrected chi connectivity index (χ4v) is 2.48. The van der Waals surface area contributed by atoms with E-state index < -0.39 is 0 Å². The average molecular weight is 269 g/mol. The topological polar surface area (TPSA) is 71.1 Å². The summed E-state index contributed by atoms with van der Waals surface area (Å²) >= 11 is 1.40. The highest BCUT2D eigenvalue weighted by atomic mass is 32.1. The molecule has 0 aliphatic carbocycles. The molecule has 0 radical (unpaired) electrons. The van der Waals surface area contributed by atoms with Crippen LogP contribution in [-0.2, 0) is 4.79 Å². The first-order chi connectivity index (χ1) is 8.41.